The Morgan fingerprint density at radius 3 is 2.91 bits per heavy atom. The lowest BCUT2D eigenvalue weighted by atomic mass is 10.0. The Bertz CT molecular complexity index is 1330. The molecule has 0 aliphatic carbocycles. The van der Waals surface area contributed by atoms with Crippen LogP contribution >= 0.6 is 22.6 Å². The smallest absolute Gasteiger partial charge is 0.218 e. The third-order valence-corrected chi connectivity index (χ3v) is 7.29. The lowest BCUT2D eigenvalue weighted by Gasteiger charge is -2.28. The highest BCUT2D eigenvalue weighted by atomic mass is 127. The molecule has 2 saturated heterocycles. The molecule has 6 rings (SSSR count). The number of rotatable bonds is 6. The van der Waals surface area contributed by atoms with Crippen LogP contribution in [0.1, 0.15) is 43.7 Å². The Morgan fingerprint density at radius 1 is 1.14 bits per heavy atom. The van der Waals surface area contributed by atoms with E-state index < -0.39 is 0 Å². The number of aromatic nitrogens is 6. The molecule has 0 bridgehead atoms. The monoisotopic (exact) mass is 588 g/mol. The topological polar surface area (TPSA) is 96.3 Å². The number of aromatic amines is 1. The molecule has 0 saturated carbocycles. The summed E-state index contributed by atoms with van der Waals surface area (Å²) in [6.07, 6.45) is 12.0. The molecule has 0 aromatic carbocycles. The second kappa shape index (κ2) is 9.69. The van der Waals surface area contributed by atoms with Crippen molar-refractivity contribution in [2.24, 2.45) is 0 Å². The van der Waals surface area contributed by atoms with E-state index in [0.29, 0.717) is 18.5 Å². The first kappa shape index (κ1) is 22.7. The van der Waals surface area contributed by atoms with Gasteiger partial charge in [0.25, 0.3) is 0 Å². The van der Waals surface area contributed by atoms with Crippen molar-refractivity contribution in [3.63, 3.8) is 0 Å². The molecule has 4 aromatic heterocycles. The number of piperidine rings is 1. The van der Waals surface area contributed by atoms with Gasteiger partial charge in [-0.3, -0.25) is 0 Å². The molecule has 4 aromatic rings. The van der Waals surface area contributed by atoms with Gasteiger partial charge in [-0.15, -0.1) is 0 Å². The average molecular weight is 588 g/mol. The predicted octanol–water partition coefficient (Wildman–Crippen LogP) is 4.12. The Balaban J connectivity index is 1.31. The zero-order valence-corrected chi connectivity index (χ0v) is 21.3. The first-order chi connectivity index (χ1) is 17.2. The minimum atomic E-state index is -0.357. The molecule has 0 amide bonds. The van der Waals surface area contributed by atoms with Crippen molar-refractivity contribution in [3.8, 4) is 17.3 Å². The number of pyridine rings is 1. The quantitative estimate of drug-likeness (QED) is 0.328. The van der Waals surface area contributed by atoms with Crippen LogP contribution in [0.2, 0.25) is 0 Å². The highest BCUT2D eigenvalue weighted by molar-refractivity contribution is 14.1. The third kappa shape index (κ3) is 4.58. The first-order valence-electron chi connectivity index (χ1n) is 12.0. The standard InChI is InChI=1S/C24H26FIN8O/c25-15-10-17(24(29-11-15)35-14-16-4-1-2-7-27-16)19-5-3-8-33(19)21-6-9-34-23(32-21)18(12-30-34)22-28-13-20(26)31-22/h6,9-13,16,19,27H,1-5,7-8,14H2,(H,28,31)/t16?,19-/m1/s1. The lowest BCUT2D eigenvalue weighted by Crippen LogP contribution is -2.38. The summed E-state index contributed by atoms with van der Waals surface area (Å²) in [7, 11) is 0. The van der Waals surface area contributed by atoms with Gasteiger partial charge in [0, 0.05) is 24.3 Å². The molecule has 2 aliphatic rings. The fourth-order valence-corrected chi connectivity index (χ4v) is 5.43. The SMILES string of the molecule is Fc1cnc(OCC2CCCCN2)c([C@H]2CCCN2c2ccn3ncc(-c4ncc(I)[nH]4)c3n2)c1. The zero-order chi connectivity index (χ0) is 23.8. The Morgan fingerprint density at radius 2 is 2.09 bits per heavy atom. The van der Waals surface area contributed by atoms with E-state index >= 15 is 0 Å². The second-order valence-electron chi connectivity index (χ2n) is 9.05. The van der Waals surface area contributed by atoms with Gasteiger partial charge in [-0.1, -0.05) is 6.42 Å². The Labute approximate surface area is 215 Å². The molecule has 182 valence electrons. The molecule has 11 heteroatoms. The van der Waals surface area contributed by atoms with Gasteiger partial charge >= 0.3 is 0 Å². The molecular formula is C24H26FIN8O. The summed E-state index contributed by atoms with van der Waals surface area (Å²) in [6, 6.07) is 3.75. The Hall–Kier alpha value is -2.80. The molecule has 2 fully saturated rings. The van der Waals surface area contributed by atoms with E-state index in [-0.39, 0.29) is 11.9 Å². The Kier molecular flexibility index (Phi) is 6.27. The van der Waals surface area contributed by atoms with E-state index in [9.17, 15) is 4.39 Å². The van der Waals surface area contributed by atoms with Gasteiger partial charge in [-0.05, 0) is 67.0 Å². The van der Waals surface area contributed by atoms with Crippen LogP contribution < -0.4 is 15.0 Å². The van der Waals surface area contributed by atoms with Gasteiger partial charge in [0.15, 0.2) is 5.65 Å². The average Bonchev–Trinajstić information content (AvgIpc) is 3.63. The number of H-pyrrole nitrogens is 1. The first-order valence-corrected chi connectivity index (χ1v) is 13.1. The van der Waals surface area contributed by atoms with Crippen LogP contribution in [0.15, 0.2) is 36.9 Å². The fraction of sp³-hybridized carbons (Fsp3) is 0.417. The van der Waals surface area contributed by atoms with Crippen molar-refractivity contribution >= 4 is 34.1 Å². The van der Waals surface area contributed by atoms with Crippen molar-refractivity contribution in [2.75, 3.05) is 24.6 Å². The number of fused-ring (bicyclic) bond motifs is 1. The number of imidazole rings is 1. The predicted molar refractivity (Wildman–Crippen MR) is 138 cm³/mol. The van der Waals surface area contributed by atoms with Gasteiger partial charge in [-0.2, -0.15) is 5.10 Å². The molecule has 2 atom stereocenters. The summed E-state index contributed by atoms with van der Waals surface area (Å²) in [4.78, 5) is 19.2. The second-order valence-corrected chi connectivity index (χ2v) is 10.2. The van der Waals surface area contributed by atoms with E-state index in [1.807, 2.05) is 12.3 Å². The van der Waals surface area contributed by atoms with Crippen molar-refractivity contribution in [1.29, 1.82) is 0 Å². The lowest BCUT2D eigenvalue weighted by molar-refractivity contribution is 0.228. The van der Waals surface area contributed by atoms with E-state index in [1.54, 1.807) is 23.0 Å². The van der Waals surface area contributed by atoms with Gasteiger partial charge in [0.1, 0.15) is 24.1 Å². The number of hydrogen-bond donors (Lipinski definition) is 2. The van der Waals surface area contributed by atoms with Crippen LogP contribution in [-0.4, -0.2) is 55.3 Å². The largest absolute Gasteiger partial charge is 0.476 e. The van der Waals surface area contributed by atoms with Crippen LogP contribution in [0.4, 0.5) is 10.2 Å². The van der Waals surface area contributed by atoms with Crippen LogP contribution in [0, 0.1) is 9.52 Å². The molecule has 9 nitrogen and oxygen atoms in total. The number of halogens is 2. The zero-order valence-electron chi connectivity index (χ0n) is 19.1. The summed E-state index contributed by atoms with van der Waals surface area (Å²) in [5.41, 5.74) is 2.33. The van der Waals surface area contributed by atoms with E-state index in [4.69, 9.17) is 9.72 Å². The molecular weight excluding hydrogens is 562 g/mol. The number of hydrogen-bond acceptors (Lipinski definition) is 7. The van der Waals surface area contributed by atoms with Crippen molar-refractivity contribution in [3.05, 3.63) is 52.0 Å². The van der Waals surface area contributed by atoms with Crippen LogP contribution in [0.25, 0.3) is 17.0 Å². The third-order valence-electron chi connectivity index (χ3n) is 6.74. The summed E-state index contributed by atoms with van der Waals surface area (Å²) >= 11 is 2.20. The number of anilines is 1. The number of nitrogens with zero attached hydrogens (tertiary/aromatic N) is 6. The molecule has 0 radical (unpaired) electrons. The van der Waals surface area contributed by atoms with Crippen molar-refractivity contribution < 1.29 is 9.13 Å². The molecule has 35 heavy (non-hydrogen) atoms. The highest BCUT2D eigenvalue weighted by Gasteiger charge is 2.31. The maximum absolute atomic E-state index is 14.3. The van der Waals surface area contributed by atoms with Crippen molar-refractivity contribution in [1.82, 2.24) is 34.9 Å². The molecule has 2 N–H and O–H groups in total. The van der Waals surface area contributed by atoms with E-state index in [1.165, 1.54) is 19.0 Å². The summed E-state index contributed by atoms with van der Waals surface area (Å²) in [5.74, 6) is 1.69. The maximum atomic E-state index is 14.3. The van der Waals surface area contributed by atoms with Crippen LogP contribution in [0.5, 0.6) is 5.88 Å². The molecule has 0 spiro atoms. The highest BCUT2D eigenvalue weighted by Crippen LogP contribution is 2.39. The van der Waals surface area contributed by atoms with Crippen LogP contribution in [0.3, 0.4) is 0 Å². The maximum Gasteiger partial charge on any atom is 0.218 e. The molecule has 6 heterocycles. The fourth-order valence-electron chi connectivity index (χ4n) is 5.03. The van der Waals surface area contributed by atoms with Gasteiger partial charge in [0.05, 0.1) is 33.9 Å². The van der Waals surface area contributed by atoms with Crippen molar-refractivity contribution in [2.45, 2.75) is 44.2 Å². The van der Waals surface area contributed by atoms with Crippen LogP contribution in [-0.2, 0) is 0 Å². The number of nitrogens with one attached hydrogen (secondary N) is 2. The van der Waals surface area contributed by atoms with Gasteiger partial charge in [-0.25, -0.2) is 23.9 Å². The molecule has 2 aliphatic heterocycles. The minimum Gasteiger partial charge on any atom is -0.476 e. The van der Waals surface area contributed by atoms with Gasteiger partial charge in [0.2, 0.25) is 5.88 Å². The van der Waals surface area contributed by atoms with Gasteiger partial charge < -0.3 is 19.9 Å². The summed E-state index contributed by atoms with van der Waals surface area (Å²) in [6.45, 7) is 2.36. The normalized spacial score (nSPS) is 20.6. The summed E-state index contributed by atoms with van der Waals surface area (Å²) in [5, 5.41) is 7.93. The summed E-state index contributed by atoms with van der Waals surface area (Å²) < 4.78 is 23.2. The van der Waals surface area contributed by atoms with E-state index in [0.717, 1.165) is 64.5 Å². The minimum absolute atomic E-state index is 0.0709. The molecule has 1 unspecified atom stereocenters. The number of ether oxygens (including phenoxy) is 1. The van der Waals surface area contributed by atoms with E-state index in [2.05, 4.69) is 52.9 Å².